The van der Waals surface area contributed by atoms with Crippen LogP contribution in [0.25, 0.3) is 6.08 Å². The Balaban J connectivity index is 2.19. The fourth-order valence-corrected chi connectivity index (χ4v) is 2.75. The Kier molecular flexibility index (Phi) is 6.98. The van der Waals surface area contributed by atoms with E-state index in [0.29, 0.717) is 23.7 Å². The van der Waals surface area contributed by atoms with Crippen LogP contribution in [0.2, 0.25) is 0 Å². The lowest BCUT2D eigenvalue weighted by atomic mass is 10.1. The smallest absolute Gasteiger partial charge is 0.333 e. The number of barbiturate groups is 1. The number of carbonyl (C=O) groups excluding carboxylic acids is 3. The van der Waals surface area contributed by atoms with Crippen molar-refractivity contribution in [3.8, 4) is 11.5 Å². The number of likely N-dealkylation sites (N-methyl/N-ethyl adjacent to an activating group) is 2. The highest BCUT2D eigenvalue weighted by Crippen LogP contribution is 2.30. The highest BCUT2D eigenvalue weighted by molar-refractivity contribution is 6.30. The van der Waals surface area contributed by atoms with Crippen molar-refractivity contribution in [3.05, 3.63) is 29.3 Å². The van der Waals surface area contributed by atoms with Gasteiger partial charge < -0.3 is 9.47 Å². The van der Waals surface area contributed by atoms with E-state index in [1.54, 1.807) is 18.2 Å². The van der Waals surface area contributed by atoms with Crippen LogP contribution in [0.5, 0.6) is 11.5 Å². The average Bonchev–Trinajstić information content (AvgIpc) is 2.68. The van der Waals surface area contributed by atoms with Crippen LogP contribution in [0, 0.1) is 0 Å². The molecular formula is C20H26N2O5. The maximum absolute atomic E-state index is 12.3. The quantitative estimate of drug-likeness (QED) is 0.397. The second-order valence-corrected chi connectivity index (χ2v) is 6.39. The number of methoxy groups -OCH3 is 1. The van der Waals surface area contributed by atoms with Crippen LogP contribution in [0.4, 0.5) is 4.79 Å². The van der Waals surface area contributed by atoms with E-state index in [1.165, 1.54) is 40.1 Å². The molecule has 146 valence electrons. The normalized spacial score (nSPS) is 14.7. The molecule has 1 heterocycles. The zero-order chi connectivity index (χ0) is 20.0. The maximum Gasteiger partial charge on any atom is 0.333 e. The van der Waals surface area contributed by atoms with Gasteiger partial charge in [-0.05, 0) is 30.2 Å². The molecule has 4 amide bonds. The fraction of sp³-hybridized carbons (Fsp3) is 0.450. The number of urea groups is 1. The lowest BCUT2D eigenvalue weighted by Gasteiger charge is -2.28. The SMILES string of the molecule is CCCCCCOc1ccc(C=C2C(=O)N(C)C(=O)N(C)C2=O)cc1OC. The Hall–Kier alpha value is -2.83. The molecule has 1 aromatic carbocycles. The third-order valence-electron chi connectivity index (χ3n) is 4.40. The number of hydrogen-bond donors (Lipinski definition) is 0. The largest absolute Gasteiger partial charge is 0.493 e. The van der Waals surface area contributed by atoms with Crippen LogP contribution in [0.3, 0.4) is 0 Å². The lowest BCUT2D eigenvalue weighted by molar-refractivity contribution is -0.134. The minimum atomic E-state index is -0.647. The number of amides is 4. The maximum atomic E-state index is 12.3. The van der Waals surface area contributed by atoms with Gasteiger partial charge in [-0.3, -0.25) is 19.4 Å². The minimum absolute atomic E-state index is 0.0742. The topological polar surface area (TPSA) is 76.2 Å². The van der Waals surface area contributed by atoms with Crippen molar-refractivity contribution in [1.82, 2.24) is 9.80 Å². The van der Waals surface area contributed by atoms with Crippen molar-refractivity contribution >= 4 is 23.9 Å². The van der Waals surface area contributed by atoms with Crippen molar-refractivity contribution in [1.29, 1.82) is 0 Å². The molecule has 7 nitrogen and oxygen atoms in total. The van der Waals surface area contributed by atoms with E-state index < -0.39 is 17.8 Å². The van der Waals surface area contributed by atoms with Gasteiger partial charge in [-0.25, -0.2) is 4.79 Å². The van der Waals surface area contributed by atoms with E-state index in [9.17, 15) is 14.4 Å². The molecule has 7 heteroatoms. The summed E-state index contributed by atoms with van der Waals surface area (Å²) in [7, 11) is 4.22. The van der Waals surface area contributed by atoms with E-state index in [4.69, 9.17) is 9.47 Å². The lowest BCUT2D eigenvalue weighted by Crippen LogP contribution is -2.52. The average molecular weight is 374 g/mol. The number of imide groups is 2. The molecule has 1 aromatic rings. The van der Waals surface area contributed by atoms with Gasteiger partial charge in [0.15, 0.2) is 11.5 Å². The summed E-state index contributed by atoms with van der Waals surface area (Å²) < 4.78 is 11.1. The molecule has 0 aromatic heterocycles. The standard InChI is InChI=1S/C20H26N2O5/c1-5-6-7-8-11-27-16-10-9-14(13-17(16)26-4)12-15-18(23)21(2)20(25)22(3)19(15)24/h9-10,12-13H,5-8,11H2,1-4H3. The molecule has 0 aliphatic carbocycles. The third kappa shape index (κ3) is 4.67. The van der Waals surface area contributed by atoms with Gasteiger partial charge in [-0.15, -0.1) is 0 Å². The predicted molar refractivity (Wildman–Crippen MR) is 102 cm³/mol. The van der Waals surface area contributed by atoms with Crippen LogP contribution in [-0.4, -0.2) is 55.5 Å². The monoisotopic (exact) mass is 374 g/mol. The van der Waals surface area contributed by atoms with Crippen LogP contribution in [0.15, 0.2) is 23.8 Å². The molecule has 0 spiro atoms. The van der Waals surface area contributed by atoms with Gasteiger partial charge in [0.2, 0.25) is 0 Å². The number of hydrogen-bond acceptors (Lipinski definition) is 5. The molecule has 1 fully saturated rings. The third-order valence-corrected chi connectivity index (χ3v) is 4.40. The summed E-state index contributed by atoms with van der Waals surface area (Å²) in [5.74, 6) is -0.119. The Morgan fingerprint density at radius 3 is 2.22 bits per heavy atom. The van der Waals surface area contributed by atoms with Gasteiger partial charge in [-0.1, -0.05) is 32.3 Å². The summed E-state index contributed by atoms with van der Waals surface area (Å²) in [5.41, 5.74) is 0.535. The predicted octanol–water partition coefficient (Wildman–Crippen LogP) is 3.09. The molecule has 0 N–H and O–H groups in total. The Morgan fingerprint density at radius 2 is 1.63 bits per heavy atom. The van der Waals surface area contributed by atoms with Gasteiger partial charge in [-0.2, -0.15) is 0 Å². The van der Waals surface area contributed by atoms with E-state index in [-0.39, 0.29) is 5.57 Å². The Labute approximate surface area is 159 Å². The fourth-order valence-electron chi connectivity index (χ4n) is 2.75. The molecule has 0 radical (unpaired) electrons. The molecule has 2 rings (SSSR count). The van der Waals surface area contributed by atoms with Crippen molar-refractivity contribution in [2.24, 2.45) is 0 Å². The van der Waals surface area contributed by atoms with Gasteiger partial charge in [0.05, 0.1) is 13.7 Å². The first-order chi connectivity index (χ1) is 12.9. The molecule has 1 aliphatic rings. The van der Waals surface area contributed by atoms with Crippen molar-refractivity contribution in [2.45, 2.75) is 32.6 Å². The van der Waals surface area contributed by atoms with Gasteiger partial charge in [0.25, 0.3) is 11.8 Å². The van der Waals surface area contributed by atoms with Crippen LogP contribution in [-0.2, 0) is 9.59 Å². The summed E-state index contributed by atoms with van der Waals surface area (Å²) in [5, 5.41) is 0. The number of rotatable bonds is 8. The van der Waals surface area contributed by atoms with E-state index in [0.717, 1.165) is 22.6 Å². The van der Waals surface area contributed by atoms with Crippen LogP contribution in [0.1, 0.15) is 38.2 Å². The number of nitrogens with zero attached hydrogens (tertiary/aromatic N) is 2. The minimum Gasteiger partial charge on any atom is -0.493 e. The second-order valence-electron chi connectivity index (χ2n) is 6.39. The van der Waals surface area contributed by atoms with Crippen molar-refractivity contribution < 1.29 is 23.9 Å². The van der Waals surface area contributed by atoms with E-state index >= 15 is 0 Å². The van der Waals surface area contributed by atoms with Crippen LogP contribution >= 0.6 is 0 Å². The molecule has 0 bridgehead atoms. The molecule has 1 aliphatic heterocycles. The zero-order valence-corrected chi connectivity index (χ0v) is 16.3. The number of unbranched alkanes of at least 4 members (excludes halogenated alkanes) is 3. The molecule has 27 heavy (non-hydrogen) atoms. The van der Waals surface area contributed by atoms with Crippen LogP contribution < -0.4 is 9.47 Å². The Morgan fingerprint density at radius 1 is 0.963 bits per heavy atom. The Bertz CT molecular complexity index is 731. The number of carbonyl (C=O) groups is 3. The highest BCUT2D eigenvalue weighted by atomic mass is 16.5. The van der Waals surface area contributed by atoms with Gasteiger partial charge >= 0.3 is 6.03 Å². The molecule has 0 saturated carbocycles. The van der Waals surface area contributed by atoms with Gasteiger partial charge in [0, 0.05) is 14.1 Å². The molecule has 1 saturated heterocycles. The first-order valence-electron chi connectivity index (χ1n) is 9.03. The summed E-state index contributed by atoms with van der Waals surface area (Å²) >= 11 is 0. The number of benzene rings is 1. The van der Waals surface area contributed by atoms with Crippen molar-refractivity contribution in [3.63, 3.8) is 0 Å². The number of ether oxygens (including phenoxy) is 2. The first-order valence-corrected chi connectivity index (χ1v) is 9.03. The zero-order valence-electron chi connectivity index (χ0n) is 16.3. The van der Waals surface area contributed by atoms with Gasteiger partial charge in [0.1, 0.15) is 5.57 Å². The van der Waals surface area contributed by atoms with E-state index in [1.807, 2.05) is 0 Å². The molecule has 0 atom stereocenters. The second kappa shape index (κ2) is 9.21. The summed E-state index contributed by atoms with van der Waals surface area (Å²) in [6.07, 6.45) is 5.89. The molecular weight excluding hydrogens is 348 g/mol. The first kappa shape index (κ1) is 20.5. The summed E-state index contributed by atoms with van der Waals surface area (Å²) in [6, 6.07) is 4.55. The summed E-state index contributed by atoms with van der Waals surface area (Å²) in [6.45, 7) is 2.76. The van der Waals surface area contributed by atoms with Crippen molar-refractivity contribution in [2.75, 3.05) is 27.8 Å². The highest BCUT2D eigenvalue weighted by Gasteiger charge is 2.37. The van der Waals surface area contributed by atoms with E-state index in [2.05, 4.69) is 6.92 Å². The summed E-state index contributed by atoms with van der Waals surface area (Å²) in [4.78, 5) is 38.2. The molecule has 0 unspecified atom stereocenters.